The number of carbonyl (C=O) groups excluding carboxylic acids is 1. The number of hydrogen-bond acceptors (Lipinski definition) is 3. The van der Waals surface area contributed by atoms with Crippen LogP contribution < -0.4 is 10.2 Å². The van der Waals surface area contributed by atoms with Gasteiger partial charge in [0.15, 0.2) is 0 Å². The van der Waals surface area contributed by atoms with Gasteiger partial charge in [-0.05, 0) is 42.7 Å². The second kappa shape index (κ2) is 7.17. The van der Waals surface area contributed by atoms with Crippen LogP contribution in [0.5, 0.6) is 0 Å². The Hall–Kier alpha value is -2.82. The van der Waals surface area contributed by atoms with E-state index in [1.165, 1.54) is 25.0 Å². The average molecular weight is 324 g/mol. The summed E-state index contributed by atoms with van der Waals surface area (Å²) in [6.07, 6.45) is 2.49. The summed E-state index contributed by atoms with van der Waals surface area (Å²) in [5, 5.41) is 12.0. The minimum atomic E-state index is -0.989. The van der Waals surface area contributed by atoms with Gasteiger partial charge >= 0.3 is 5.97 Å². The van der Waals surface area contributed by atoms with E-state index in [1.54, 1.807) is 12.1 Å². The van der Waals surface area contributed by atoms with E-state index in [-0.39, 0.29) is 17.9 Å². The number of nitrogens with zero attached hydrogens (tertiary/aromatic N) is 1. The van der Waals surface area contributed by atoms with E-state index in [1.807, 2.05) is 24.3 Å². The number of amides is 1. The van der Waals surface area contributed by atoms with Crippen LogP contribution in [0.4, 0.5) is 11.4 Å². The Morgan fingerprint density at radius 1 is 1.04 bits per heavy atom. The van der Waals surface area contributed by atoms with Crippen molar-refractivity contribution in [2.24, 2.45) is 0 Å². The highest BCUT2D eigenvalue weighted by Gasteiger charge is 2.16. The maximum Gasteiger partial charge on any atom is 0.335 e. The van der Waals surface area contributed by atoms with Gasteiger partial charge in [0.05, 0.1) is 23.4 Å². The van der Waals surface area contributed by atoms with Gasteiger partial charge in [-0.15, -0.1) is 0 Å². The molecule has 0 aromatic heterocycles. The molecule has 2 N–H and O–H groups in total. The number of rotatable bonds is 5. The van der Waals surface area contributed by atoms with Crippen molar-refractivity contribution in [1.29, 1.82) is 0 Å². The number of carbonyl (C=O) groups is 2. The van der Waals surface area contributed by atoms with Crippen molar-refractivity contribution in [2.75, 3.05) is 23.3 Å². The summed E-state index contributed by atoms with van der Waals surface area (Å²) in [5.41, 5.74) is 2.73. The summed E-state index contributed by atoms with van der Waals surface area (Å²) < 4.78 is 0. The molecule has 0 radical (unpaired) electrons. The Kier molecular flexibility index (Phi) is 4.79. The molecule has 5 nitrogen and oxygen atoms in total. The average Bonchev–Trinajstić information content (AvgIpc) is 3.10. The van der Waals surface area contributed by atoms with E-state index in [9.17, 15) is 9.59 Å². The normalized spacial score (nSPS) is 13.8. The zero-order chi connectivity index (χ0) is 16.9. The first-order valence-electron chi connectivity index (χ1n) is 8.09. The molecule has 2 aromatic carbocycles. The van der Waals surface area contributed by atoms with E-state index in [0.717, 1.165) is 24.5 Å². The molecule has 24 heavy (non-hydrogen) atoms. The summed E-state index contributed by atoms with van der Waals surface area (Å²) in [5.74, 6) is -1.14. The van der Waals surface area contributed by atoms with Crippen LogP contribution in [-0.2, 0) is 11.2 Å². The fourth-order valence-electron chi connectivity index (χ4n) is 3.01. The van der Waals surface area contributed by atoms with Crippen molar-refractivity contribution in [3.8, 4) is 0 Å². The maximum atomic E-state index is 12.4. The zero-order valence-electron chi connectivity index (χ0n) is 13.4. The van der Waals surface area contributed by atoms with E-state index in [2.05, 4.69) is 10.2 Å². The number of nitrogens with one attached hydrogen (secondary N) is 1. The third kappa shape index (κ3) is 3.74. The molecule has 124 valence electrons. The van der Waals surface area contributed by atoms with Crippen LogP contribution in [0, 0.1) is 0 Å². The van der Waals surface area contributed by atoms with Gasteiger partial charge in [-0.3, -0.25) is 4.79 Å². The number of carboxylic acid groups (broad SMARTS) is 1. The lowest BCUT2D eigenvalue weighted by Crippen LogP contribution is -2.21. The van der Waals surface area contributed by atoms with Gasteiger partial charge in [-0.2, -0.15) is 0 Å². The van der Waals surface area contributed by atoms with Crippen LogP contribution in [0.25, 0.3) is 0 Å². The predicted molar refractivity (Wildman–Crippen MR) is 93.6 cm³/mol. The van der Waals surface area contributed by atoms with Crippen LogP contribution >= 0.6 is 0 Å². The Morgan fingerprint density at radius 3 is 2.54 bits per heavy atom. The van der Waals surface area contributed by atoms with Crippen molar-refractivity contribution in [2.45, 2.75) is 19.3 Å². The zero-order valence-corrected chi connectivity index (χ0v) is 13.4. The van der Waals surface area contributed by atoms with Gasteiger partial charge in [-0.25, -0.2) is 4.79 Å². The largest absolute Gasteiger partial charge is 0.478 e. The van der Waals surface area contributed by atoms with E-state index in [4.69, 9.17) is 5.11 Å². The minimum absolute atomic E-state index is 0.148. The summed E-state index contributed by atoms with van der Waals surface area (Å²) in [4.78, 5) is 25.6. The Balaban J connectivity index is 1.71. The number of benzene rings is 2. The molecule has 0 spiro atoms. The van der Waals surface area contributed by atoms with Crippen LogP contribution in [0.15, 0.2) is 48.5 Å². The molecule has 0 unspecified atom stereocenters. The summed E-state index contributed by atoms with van der Waals surface area (Å²) >= 11 is 0. The molecule has 1 aliphatic heterocycles. The lowest BCUT2D eigenvalue weighted by Gasteiger charge is -2.21. The third-order valence-electron chi connectivity index (χ3n) is 4.16. The van der Waals surface area contributed by atoms with Crippen molar-refractivity contribution < 1.29 is 14.7 Å². The van der Waals surface area contributed by atoms with Gasteiger partial charge in [0.1, 0.15) is 0 Å². The van der Waals surface area contributed by atoms with Crippen molar-refractivity contribution >= 4 is 23.3 Å². The molecule has 1 fully saturated rings. The first-order valence-corrected chi connectivity index (χ1v) is 8.09. The van der Waals surface area contributed by atoms with E-state index >= 15 is 0 Å². The topological polar surface area (TPSA) is 69.6 Å². The van der Waals surface area contributed by atoms with Crippen molar-refractivity contribution in [1.82, 2.24) is 0 Å². The molecule has 1 aliphatic rings. The van der Waals surface area contributed by atoms with Crippen LogP contribution in [-0.4, -0.2) is 30.1 Å². The molecular formula is C19H20N2O3. The lowest BCUT2D eigenvalue weighted by atomic mass is 10.1. The number of para-hydroxylation sites is 2. The standard InChI is InChI=1S/C19H20N2O3/c22-18(13-14-6-5-7-15(12-14)19(23)24)20-16-8-1-2-9-17(16)21-10-3-4-11-21/h1-2,5-9,12H,3-4,10-11,13H2,(H,20,22)(H,23,24). The predicted octanol–water partition coefficient (Wildman–Crippen LogP) is 3.17. The molecule has 1 heterocycles. The van der Waals surface area contributed by atoms with Gasteiger partial charge < -0.3 is 15.3 Å². The Labute approximate surface area is 140 Å². The van der Waals surface area contributed by atoms with Crippen LogP contribution in [0.1, 0.15) is 28.8 Å². The highest BCUT2D eigenvalue weighted by atomic mass is 16.4. The molecule has 1 saturated heterocycles. The molecule has 0 saturated carbocycles. The highest BCUT2D eigenvalue weighted by Crippen LogP contribution is 2.28. The number of carboxylic acids is 1. The quantitative estimate of drug-likeness (QED) is 0.886. The second-order valence-electron chi connectivity index (χ2n) is 5.94. The summed E-state index contributed by atoms with van der Waals surface area (Å²) in [7, 11) is 0. The molecule has 3 rings (SSSR count). The second-order valence-corrected chi connectivity index (χ2v) is 5.94. The van der Waals surface area contributed by atoms with Crippen LogP contribution in [0.2, 0.25) is 0 Å². The number of anilines is 2. The highest BCUT2D eigenvalue weighted by molar-refractivity contribution is 5.96. The molecule has 0 atom stereocenters. The molecule has 0 aliphatic carbocycles. The monoisotopic (exact) mass is 324 g/mol. The first-order chi connectivity index (χ1) is 11.6. The number of hydrogen-bond donors (Lipinski definition) is 2. The van der Waals surface area contributed by atoms with E-state index < -0.39 is 5.97 Å². The molecule has 2 aromatic rings. The smallest absolute Gasteiger partial charge is 0.335 e. The lowest BCUT2D eigenvalue weighted by molar-refractivity contribution is -0.115. The van der Waals surface area contributed by atoms with Crippen molar-refractivity contribution in [3.63, 3.8) is 0 Å². The van der Waals surface area contributed by atoms with Gasteiger partial charge in [0.2, 0.25) is 5.91 Å². The first kappa shape index (κ1) is 16.1. The fraction of sp³-hybridized carbons (Fsp3) is 0.263. The molecular weight excluding hydrogens is 304 g/mol. The van der Waals surface area contributed by atoms with Gasteiger partial charge in [0.25, 0.3) is 0 Å². The Morgan fingerprint density at radius 2 is 1.79 bits per heavy atom. The van der Waals surface area contributed by atoms with Gasteiger partial charge in [0, 0.05) is 13.1 Å². The fourth-order valence-corrected chi connectivity index (χ4v) is 3.01. The molecule has 5 heteroatoms. The van der Waals surface area contributed by atoms with Crippen molar-refractivity contribution in [3.05, 3.63) is 59.7 Å². The summed E-state index contributed by atoms with van der Waals surface area (Å²) in [6, 6.07) is 14.3. The molecule has 0 bridgehead atoms. The minimum Gasteiger partial charge on any atom is -0.478 e. The Bertz CT molecular complexity index is 752. The van der Waals surface area contributed by atoms with Crippen LogP contribution in [0.3, 0.4) is 0 Å². The van der Waals surface area contributed by atoms with Gasteiger partial charge in [-0.1, -0.05) is 24.3 Å². The molecule has 1 amide bonds. The number of aromatic carboxylic acids is 1. The SMILES string of the molecule is O=C(Cc1cccc(C(=O)O)c1)Nc1ccccc1N1CCCC1. The maximum absolute atomic E-state index is 12.4. The summed E-state index contributed by atoms with van der Waals surface area (Å²) in [6.45, 7) is 2.01. The van der Waals surface area contributed by atoms with E-state index in [0.29, 0.717) is 5.56 Å². The third-order valence-corrected chi connectivity index (χ3v) is 4.16.